The molecule has 0 saturated carbocycles. The van der Waals surface area contributed by atoms with Gasteiger partial charge in [-0.25, -0.2) is 17.4 Å². The lowest BCUT2D eigenvalue weighted by atomic mass is 10.0. The lowest BCUT2D eigenvalue weighted by Gasteiger charge is -2.27. The van der Waals surface area contributed by atoms with Gasteiger partial charge in [0, 0.05) is 40.7 Å². The van der Waals surface area contributed by atoms with Crippen molar-refractivity contribution in [2.75, 3.05) is 26.4 Å². The van der Waals surface area contributed by atoms with E-state index in [0.717, 1.165) is 11.1 Å². The molecule has 0 unspecified atom stereocenters. The third kappa shape index (κ3) is 4.14. The standard InChI is InChI=1S/C29H23N5O5S/c30-10-20-8-19(6-7-28(20)39-24-17-38-18-24)27-14-34(40(35,36)25-4-2-1-3-5-25)29-26(27)9-21(11-31-29)22-12-32-33(13-22)23-15-37-16-23/h1-9,11-14,23-24H,15-18H2. The van der Waals surface area contributed by atoms with Crippen LogP contribution in [0.5, 0.6) is 5.75 Å². The molecule has 0 N–H and O–H groups in total. The minimum Gasteiger partial charge on any atom is -0.484 e. The molecule has 2 aromatic carbocycles. The summed E-state index contributed by atoms with van der Waals surface area (Å²) in [6, 6.07) is 17.8. The molecule has 2 saturated heterocycles. The van der Waals surface area contributed by atoms with Crippen LogP contribution in [0.3, 0.4) is 0 Å². The van der Waals surface area contributed by atoms with E-state index in [0.29, 0.717) is 54.3 Å². The third-order valence-corrected chi connectivity index (χ3v) is 8.82. The number of hydrogen-bond donors (Lipinski definition) is 0. The fourth-order valence-corrected chi connectivity index (χ4v) is 6.11. The largest absolute Gasteiger partial charge is 0.484 e. The van der Waals surface area contributed by atoms with Gasteiger partial charge >= 0.3 is 0 Å². The monoisotopic (exact) mass is 553 g/mol. The van der Waals surface area contributed by atoms with Crippen LogP contribution in [0.4, 0.5) is 0 Å². The summed E-state index contributed by atoms with van der Waals surface area (Å²) in [6.07, 6.45) is 6.84. The molecule has 11 heteroatoms. The van der Waals surface area contributed by atoms with Crippen molar-refractivity contribution in [1.82, 2.24) is 18.7 Å². The summed E-state index contributed by atoms with van der Waals surface area (Å²) >= 11 is 0. The van der Waals surface area contributed by atoms with Gasteiger partial charge in [-0.15, -0.1) is 0 Å². The molecule has 0 amide bonds. The van der Waals surface area contributed by atoms with Gasteiger partial charge in [-0.1, -0.05) is 24.3 Å². The zero-order valence-corrected chi connectivity index (χ0v) is 22.0. The molecule has 2 aliphatic heterocycles. The fourth-order valence-electron chi connectivity index (χ4n) is 4.77. The molecule has 40 heavy (non-hydrogen) atoms. The van der Waals surface area contributed by atoms with Crippen LogP contribution in [0.1, 0.15) is 11.6 Å². The summed E-state index contributed by atoms with van der Waals surface area (Å²) in [4.78, 5) is 4.77. The van der Waals surface area contributed by atoms with E-state index < -0.39 is 10.0 Å². The molecule has 7 rings (SSSR count). The van der Waals surface area contributed by atoms with Gasteiger partial charge in [0.2, 0.25) is 0 Å². The molecular weight excluding hydrogens is 530 g/mol. The van der Waals surface area contributed by atoms with Crippen LogP contribution in [0.25, 0.3) is 33.3 Å². The van der Waals surface area contributed by atoms with Crippen molar-refractivity contribution in [1.29, 1.82) is 5.26 Å². The molecule has 3 aromatic heterocycles. The van der Waals surface area contributed by atoms with Crippen molar-refractivity contribution < 1.29 is 22.6 Å². The molecule has 5 aromatic rings. The van der Waals surface area contributed by atoms with E-state index in [1.54, 1.807) is 61.1 Å². The molecule has 2 fully saturated rings. The normalized spacial score (nSPS) is 15.9. The Morgan fingerprint density at radius 3 is 2.42 bits per heavy atom. The van der Waals surface area contributed by atoms with E-state index in [1.165, 1.54) is 3.97 Å². The second-order valence-corrected chi connectivity index (χ2v) is 11.6. The maximum absolute atomic E-state index is 13.7. The number of hydrogen-bond acceptors (Lipinski definition) is 8. The van der Waals surface area contributed by atoms with Gasteiger partial charge in [-0.2, -0.15) is 10.4 Å². The Labute approximate surface area is 230 Å². The topological polar surface area (TPSA) is 121 Å². The number of nitriles is 1. The zero-order chi connectivity index (χ0) is 27.3. The molecule has 2 aliphatic rings. The van der Waals surface area contributed by atoms with E-state index in [9.17, 15) is 13.7 Å². The average Bonchev–Trinajstić information content (AvgIpc) is 3.56. The summed E-state index contributed by atoms with van der Waals surface area (Å²) < 4.78 is 46.9. The molecule has 0 bridgehead atoms. The zero-order valence-electron chi connectivity index (χ0n) is 21.2. The highest BCUT2D eigenvalue weighted by Gasteiger charge is 2.26. The number of rotatable bonds is 7. The second-order valence-electron chi connectivity index (χ2n) is 9.75. The van der Waals surface area contributed by atoms with E-state index >= 15 is 0 Å². The number of benzene rings is 2. The quantitative estimate of drug-likeness (QED) is 0.296. The third-order valence-electron chi connectivity index (χ3n) is 7.15. The Morgan fingerprint density at radius 2 is 1.73 bits per heavy atom. The van der Waals surface area contributed by atoms with Crippen LogP contribution in [0.2, 0.25) is 0 Å². The van der Waals surface area contributed by atoms with Crippen molar-refractivity contribution in [2.24, 2.45) is 0 Å². The van der Waals surface area contributed by atoms with Crippen LogP contribution >= 0.6 is 0 Å². The highest BCUT2D eigenvalue weighted by Crippen LogP contribution is 2.37. The van der Waals surface area contributed by atoms with Crippen LogP contribution in [-0.4, -0.2) is 59.7 Å². The highest BCUT2D eigenvalue weighted by molar-refractivity contribution is 7.90. The van der Waals surface area contributed by atoms with Gasteiger partial charge in [-0.3, -0.25) is 4.68 Å². The first-order chi connectivity index (χ1) is 19.5. The molecule has 5 heterocycles. The first-order valence-corrected chi connectivity index (χ1v) is 14.2. The summed E-state index contributed by atoms with van der Waals surface area (Å²) in [6.45, 7) is 2.21. The van der Waals surface area contributed by atoms with Crippen LogP contribution in [-0.2, 0) is 19.5 Å². The van der Waals surface area contributed by atoms with E-state index in [-0.39, 0.29) is 22.7 Å². The Hall–Kier alpha value is -4.50. The predicted molar refractivity (Wildman–Crippen MR) is 145 cm³/mol. The number of aromatic nitrogens is 4. The van der Waals surface area contributed by atoms with Gasteiger partial charge in [0.15, 0.2) is 5.65 Å². The van der Waals surface area contributed by atoms with Crippen LogP contribution in [0, 0.1) is 11.3 Å². The molecule has 0 spiro atoms. The van der Waals surface area contributed by atoms with Gasteiger partial charge in [0.1, 0.15) is 17.9 Å². The van der Waals surface area contributed by atoms with Gasteiger partial charge < -0.3 is 14.2 Å². The first-order valence-electron chi connectivity index (χ1n) is 12.7. The van der Waals surface area contributed by atoms with Crippen molar-refractivity contribution >= 4 is 21.1 Å². The summed E-state index contributed by atoms with van der Waals surface area (Å²) in [5.74, 6) is 0.464. The van der Waals surface area contributed by atoms with E-state index in [1.807, 2.05) is 23.0 Å². The maximum atomic E-state index is 13.7. The van der Waals surface area contributed by atoms with E-state index in [2.05, 4.69) is 16.2 Å². The smallest absolute Gasteiger partial charge is 0.269 e. The number of fused-ring (bicyclic) bond motifs is 1. The lowest BCUT2D eigenvalue weighted by molar-refractivity contribution is -0.0797. The number of ether oxygens (including phenoxy) is 3. The maximum Gasteiger partial charge on any atom is 0.269 e. The van der Waals surface area contributed by atoms with Crippen molar-refractivity contribution in [3.8, 4) is 34.1 Å². The van der Waals surface area contributed by atoms with Crippen LogP contribution < -0.4 is 4.74 Å². The first kappa shape index (κ1) is 24.5. The van der Waals surface area contributed by atoms with Gasteiger partial charge in [0.25, 0.3) is 10.0 Å². The number of nitrogens with zero attached hydrogens (tertiary/aromatic N) is 5. The van der Waals surface area contributed by atoms with Gasteiger partial charge in [-0.05, 0) is 35.9 Å². The summed E-state index contributed by atoms with van der Waals surface area (Å²) in [7, 11) is -3.95. The Morgan fingerprint density at radius 1 is 0.925 bits per heavy atom. The summed E-state index contributed by atoms with van der Waals surface area (Å²) in [5, 5.41) is 15.0. The molecule has 0 atom stereocenters. The predicted octanol–water partition coefficient (Wildman–Crippen LogP) is 4.02. The molecule has 10 nitrogen and oxygen atoms in total. The van der Waals surface area contributed by atoms with Crippen molar-refractivity contribution in [3.05, 3.63) is 84.9 Å². The summed E-state index contributed by atoms with van der Waals surface area (Å²) in [5.41, 5.74) is 3.58. The van der Waals surface area contributed by atoms with Gasteiger partial charge in [0.05, 0.1) is 49.1 Å². The minimum atomic E-state index is -3.95. The van der Waals surface area contributed by atoms with Crippen LogP contribution in [0.15, 0.2) is 84.3 Å². The second kappa shape index (κ2) is 9.60. The highest BCUT2D eigenvalue weighted by atomic mass is 32.2. The molecule has 200 valence electrons. The van der Waals surface area contributed by atoms with Crippen molar-refractivity contribution in [3.63, 3.8) is 0 Å². The Bertz CT molecular complexity index is 1880. The molecular formula is C29H23N5O5S. The van der Waals surface area contributed by atoms with Crippen molar-refractivity contribution in [2.45, 2.75) is 17.0 Å². The SMILES string of the molecule is N#Cc1cc(-c2cn(S(=O)(=O)c3ccccc3)c3ncc(-c4cnn(C5COC5)c4)cc23)ccc1OC1COC1. The molecule has 0 aliphatic carbocycles. The number of pyridine rings is 1. The minimum absolute atomic E-state index is 0.0879. The average molecular weight is 554 g/mol. The lowest BCUT2D eigenvalue weighted by Crippen LogP contribution is -2.38. The Balaban J connectivity index is 1.38. The van der Waals surface area contributed by atoms with E-state index in [4.69, 9.17) is 14.2 Å². The fraction of sp³-hybridized carbons (Fsp3) is 0.207. The molecule has 0 radical (unpaired) electrons. The Kier molecular flexibility index (Phi) is 5.89.